The first-order valence-corrected chi connectivity index (χ1v) is 6.86. The summed E-state index contributed by atoms with van der Waals surface area (Å²) in [5.74, 6) is 1.17. The fourth-order valence-electron chi connectivity index (χ4n) is 2.65. The predicted octanol–water partition coefficient (Wildman–Crippen LogP) is 1.71. The van der Waals surface area contributed by atoms with Crippen LogP contribution < -0.4 is 10.6 Å². The summed E-state index contributed by atoms with van der Waals surface area (Å²) in [6, 6.07) is 1.02. The van der Waals surface area contributed by atoms with E-state index in [0.717, 1.165) is 25.9 Å². The molecular formula is C13H22N4. The molecule has 3 rings (SSSR count). The lowest BCUT2D eigenvalue weighted by atomic mass is 10.1. The lowest BCUT2D eigenvalue weighted by molar-refractivity contribution is 0.493. The monoisotopic (exact) mass is 234 g/mol. The van der Waals surface area contributed by atoms with Gasteiger partial charge in [-0.25, -0.2) is 4.98 Å². The van der Waals surface area contributed by atoms with Crippen molar-refractivity contribution in [1.29, 1.82) is 0 Å². The van der Waals surface area contributed by atoms with Gasteiger partial charge in [-0.3, -0.25) is 0 Å². The van der Waals surface area contributed by atoms with Gasteiger partial charge in [0.05, 0.1) is 5.69 Å². The van der Waals surface area contributed by atoms with Gasteiger partial charge in [0.1, 0.15) is 0 Å². The zero-order chi connectivity index (χ0) is 11.8. The summed E-state index contributed by atoms with van der Waals surface area (Å²) in [6.07, 6.45) is 8.24. The first kappa shape index (κ1) is 11.1. The van der Waals surface area contributed by atoms with E-state index < -0.39 is 0 Å². The number of nitrogens with two attached hydrogens (primary N) is 1. The minimum Gasteiger partial charge on any atom is -0.341 e. The average Bonchev–Trinajstić information content (AvgIpc) is 3.08. The zero-order valence-electron chi connectivity index (χ0n) is 10.6. The van der Waals surface area contributed by atoms with E-state index in [1.807, 2.05) is 0 Å². The Balaban J connectivity index is 1.86. The summed E-state index contributed by atoms with van der Waals surface area (Å²) in [7, 11) is 0. The van der Waals surface area contributed by atoms with E-state index >= 15 is 0 Å². The van der Waals surface area contributed by atoms with Crippen LogP contribution in [0.1, 0.15) is 44.3 Å². The van der Waals surface area contributed by atoms with Crippen LogP contribution >= 0.6 is 0 Å². The Labute approximate surface area is 103 Å². The van der Waals surface area contributed by atoms with Crippen molar-refractivity contribution in [3.63, 3.8) is 0 Å². The number of aryl methyl sites for hydroxylation is 1. The number of anilines is 1. The molecule has 2 N–H and O–H groups in total. The molecule has 2 aliphatic rings. The van der Waals surface area contributed by atoms with Crippen LogP contribution in [-0.4, -0.2) is 28.7 Å². The van der Waals surface area contributed by atoms with Gasteiger partial charge >= 0.3 is 0 Å². The maximum Gasteiger partial charge on any atom is 0.206 e. The van der Waals surface area contributed by atoms with E-state index in [1.54, 1.807) is 0 Å². The second kappa shape index (κ2) is 4.33. The van der Waals surface area contributed by atoms with Gasteiger partial charge in [0, 0.05) is 31.4 Å². The molecule has 2 fully saturated rings. The number of rotatable bonds is 3. The van der Waals surface area contributed by atoms with Crippen molar-refractivity contribution >= 4 is 5.95 Å². The van der Waals surface area contributed by atoms with E-state index in [4.69, 9.17) is 10.7 Å². The average molecular weight is 234 g/mol. The lowest BCUT2D eigenvalue weighted by Gasteiger charge is -2.31. The molecular weight excluding hydrogens is 212 g/mol. The molecule has 4 heteroatoms. The Morgan fingerprint density at radius 1 is 1.41 bits per heavy atom. The first-order valence-electron chi connectivity index (χ1n) is 6.86. The third-order valence-corrected chi connectivity index (χ3v) is 3.81. The molecule has 1 atom stereocenters. The van der Waals surface area contributed by atoms with Crippen LogP contribution in [0.25, 0.3) is 0 Å². The second-order valence-corrected chi connectivity index (χ2v) is 5.37. The molecule has 0 amide bonds. The third-order valence-electron chi connectivity index (χ3n) is 3.81. The number of hydrogen-bond acceptors (Lipinski definition) is 3. The highest BCUT2D eigenvalue weighted by molar-refractivity contribution is 5.36. The van der Waals surface area contributed by atoms with Crippen molar-refractivity contribution in [3.8, 4) is 0 Å². The summed E-state index contributed by atoms with van der Waals surface area (Å²) in [5.41, 5.74) is 7.28. The van der Waals surface area contributed by atoms with Crippen LogP contribution in [-0.2, 0) is 6.42 Å². The topological polar surface area (TPSA) is 47.1 Å². The van der Waals surface area contributed by atoms with Gasteiger partial charge in [0.2, 0.25) is 5.95 Å². The summed E-state index contributed by atoms with van der Waals surface area (Å²) in [6.45, 7) is 4.25. The van der Waals surface area contributed by atoms with E-state index in [0.29, 0.717) is 12.1 Å². The summed E-state index contributed by atoms with van der Waals surface area (Å²) >= 11 is 0. The highest BCUT2D eigenvalue weighted by Gasteiger charge is 2.29. The van der Waals surface area contributed by atoms with Crippen molar-refractivity contribution in [2.75, 3.05) is 18.0 Å². The van der Waals surface area contributed by atoms with Crippen molar-refractivity contribution in [3.05, 3.63) is 11.9 Å². The Kier molecular flexibility index (Phi) is 2.82. The fraction of sp³-hybridized carbons (Fsp3) is 0.769. The molecule has 17 heavy (non-hydrogen) atoms. The Morgan fingerprint density at radius 3 is 2.88 bits per heavy atom. The fourth-order valence-corrected chi connectivity index (χ4v) is 2.65. The number of imidazole rings is 1. The van der Waals surface area contributed by atoms with Gasteiger partial charge in [0.25, 0.3) is 0 Å². The number of piperidine rings is 1. The van der Waals surface area contributed by atoms with Crippen molar-refractivity contribution < 1.29 is 0 Å². The molecule has 0 radical (unpaired) electrons. The largest absolute Gasteiger partial charge is 0.341 e. The quantitative estimate of drug-likeness (QED) is 0.866. The standard InChI is InChI=1S/C13H22N4/c1-2-11-9-17(12-5-6-12)13(15-11)16-7-3-4-10(14)8-16/h9-10,12H,2-8,14H2,1H3/t10-/m1/s1. The van der Waals surface area contributed by atoms with Gasteiger partial charge in [0.15, 0.2) is 0 Å². The van der Waals surface area contributed by atoms with Crippen molar-refractivity contribution in [1.82, 2.24) is 9.55 Å². The lowest BCUT2D eigenvalue weighted by Crippen LogP contribution is -2.43. The van der Waals surface area contributed by atoms with Gasteiger partial charge in [-0.1, -0.05) is 6.92 Å². The van der Waals surface area contributed by atoms with Gasteiger partial charge in [-0.05, 0) is 32.1 Å². The molecule has 94 valence electrons. The van der Waals surface area contributed by atoms with E-state index in [-0.39, 0.29) is 0 Å². The summed E-state index contributed by atoms with van der Waals surface area (Å²) < 4.78 is 2.39. The molecule has 1 aromatic heterocycles. The van der Waals surface area contributed by atoms with Crippen LogP contribution in [0.3, 0.4) is 0 Å². The zero-order valence-corrected chi connectivity index (χ0v) is 10.6. The molecule has 4 nitrogen and oxygen atoms in total. The van der Waals surface area contributed by atoms with Gasteiger partial charge < -0.3 is 15.2 Å². The predicted molar refractivity (Wildman–Crippen MR) is 69.3 cm³/mol. The van der Waals surface area contributed by atoms with Gasteiger partial charge in [-0.15, -0.1) is 0 Å². The molecule has 1 aromatic rings. The Bertz CT molecular complexity index is 394. The minimum absolute atomic E-state index is 0.318. The number of aromatic nitrogens is 2. The summed E-state index contributed by atoms with van der Waals surface area (Å²) in [5, 5.41) is 0. The van der Waals surface area contributed by atoms with Crippen LogP contribution in [0.15, 0.2) is 6.20 Å². The van der Waals surface area contributed by atoms with Crippen LogP contribution in [0.2, 0.25) is 0 Å². The normalized spacial score (nSPS) is 25.3. The maximum absolute atomic E-state index is 6.06. The molecule has 0 spiro atoms. The second-order valence-electron chi connectivity index (χ2n) is 5.37. The molecule has 0 bridgehead atoms. The highest BCUT2D eigenvalue weighted by Crippen LogP contribution is 2.38. The Morgan fingerprint density at radius 2 is 2.24 bits per heavy atom. The smallest absolute Gasteiger partial charge is 0.206 e. The SMILES string of the molecule is CCc1cn(C2CC2)c(N2CCC[C@@H](N)C2)n1. The van der Waals surface area contributed by atoms with Crippen LogP contribution in [0, 0.1) is 0 Å². The molecule has 2 heterocycles. The van der Waals surface area contributed by atoms with Crippen molar-refractivity contribution in [2.45, 2.75) is 51.1 Å². The number of nitrogens with zero attached hydrogens (tertiary/aromatic N) is 3. The maximum atomic E-state index is 6.06. The molecule has 1 saturated carbocycles. The van der Waals surface area contributed by atoms with Crippen LogP contribution in [0.4, 0.5) is 5.95 Å². The highest BCUT2D eigenvalue weighted by atomic mass is 15.3. The number of hydrogen-bond donors (Lipinski definition) is 1. The van der Waals surface area contributed by atoms with E-state index in [9.17, 15) is 0 Å². The molecule has 1 saturated heterocycles. The molecule has 1 aliphatic heterocycles. The molecule has 0 unspecified atom stereocenters. The first-order chi connectivity index (χ1) is 8.28. The summed E-state index contributed by atoms with van der Waals surface area (Å²) in [4.78, 5) is 7.16. The third kappa shape index (κ3) is 2.18. The van der Waals surface area contributed by atoms with Gasteiger partial charge in [-0.2, -0.15) is 0 Å². The van der Waals surface area contributed by atoms with E-state index in [1.165, 1.54) is 30.9 Å². The minimum atomic E-state index is 0.318. The van der Waals surface area contributed by atoms with Crippen LogP contribution in [0.5, 0.6) is 0 Å². The molecule has 1 aliphatic carbocycles. The Hall–Kier alpha value is -1.03. The van der Waals surface area contributed by atoms with E-state index in [2.05, 4.69) is 22.6 Å². The van der Waals surface area contributed by atoms with Crippen molar-refractivity contribution in [2.24, 2.45) is 5.73 Å². The molecule has 0 aromatic carbocycles.